The third kappa shape index (κ3) is 3.74. The molecule has 1 aromatic heterocycles. The number of rotatable bonds is 5. The second-order valence-corrected chi connectivity index (χ2v) is 5.79. The van der Waals surface area contributed by atoms with Crippen molar-refractivity contribution >= 4 is 11.6 Å². The van der Waals surface area contributed by atoms with Crippen LogP contribution in [0.2, 0.25) is 0 Å². The number of para-hydroxylation sites is 1. The summed E-state index contributed by atoms with van der Waals surface area (Å²) in [6.45, 7) is 5.96. The highest BCUT2D eigenvalue weighted by Gasteiger charge is 2.14. The molecule has 5 nitrogen and oxygen atoms in total. The molecule has 2 aromatic rings. The molecule has 0 radical (unpaired) electrons. The van der Waals surface area contributed by atoms with Gasteiger partial charge in [-0.1, -0.05) is 18.2 Å². The van der Waals surface area contributed by atoms with E-state index in [9.17, 15) is 4.79 Å². The molecule has 0 saturated carbocycles. The number of aryl methyl sites for hydroxylation is 1. The van der Waals surface area contributed by atoms with Gasteiger partial charge in [-0.2, -0.15) is 0 Å². The Morgan fingerprint density at radius 2 is 2.04 bits per heavy atom. The number of carbonyl (C=O) groups is 1. The number of aromatic amines is 1. The minimum Gasteiger partial charge on any atom is -0.378 e. The first-order valence-electron chi connectivity index (χ1n) is 8.08. The lowest BCUT2D eigenvalue weighted by Crippen LogP contribution is -2.37. The van der Waals surface area contributed by atoms with E-state index in [-0.39, 0.29) is 5.91 Å². The van der Waals surface area contributed by atoms with Crippen LogP contribution in [0.1, 0.15) is 21.5 Å². The van der Waals surface area contributed by atoms with Crippen molar-refractivity contribution in [2.75, 3.05) is 37.7 Å². The van der Waals surface area contributed by atoms with Crippen molar-refractivity contribution < 1.29 is 9.53 Å². The smallest absolute Gasteiger partial charge is 0.253 e. The number of hydrogen-bond acceptors (Lipinski definition) is 3. The third-order valence-electron chi connectivity index (χ3n) is 4.22. The van der Waals surface area contributed by atoms with Crippen LogP contribution in [0.15, 0.2) is 36.7 Å². The van der Waals surface area contributed by atoms with Crippen molar-refractivity contribution in [1.29, 1.82) is 0 Å². The number of carbonyl (C=O) groups excluding carboxylic acids is 1. The maximum absolute atomic E-state index is 12.1. The van der Waals surface area contributed by atoms with E-state index in [4.69, 9.17) is 4.74 Å². The van der Waals surface area contributed by atoms with Gasteiger partial charge in [0.2, 0.25) is 0 Å². The number of morpholine rings is 1. The van der Waals surface area contributed by atoms with Gasteiger partial charge in [-0.15, -0.1) is 0 Å². The summed E-state index contributed by atoms with van der Waals surface area (Å²) in [4.78, 5) is 17.5. The first kappa shape index (κ1) is 15.6. The van der Waals surface area contributed by atoms with Gasteiger partial charge in [0.05, 0.1) is 18.8 Å². The lowest BCUT2D eigenvalue weighted by molar-refractivity contribution is 0.0954. The molecule has 0 unspecified atom stereocenters. The predicted molar refractivity (Wildman–Crippen MR) is 91.0 cm³/mol. The Morgan fingerprint density at radius 1 is 1.26 bits per heavy atom. The Labute approximate surface area is 136 Å². The monoisotopic (exact) mass is 313 g/mol. The first-order valence-corrected chi connectivity index (χ1v) is 8.08. The number of amides is 1. The Balaban J connectivity index is 1.60. The molecule has 1 aliphatic rings. The summed E-state index contributed by atoms with van der Waals surface area (Å²) in [5.41, 5.74) is 4.20. The molecule has 122 valence electrons. The number of aromatic nitrogens is 1. The van der Waals surface area contributed by atoms with Crippen molar-refractivity contribution in [3.63, 3.8) is 0 Å². The van der Waals surface area contributed by atoms with E-state index in [1.807, 2.05) is 13.1 Å². The number of H-pyrrole nitrogens is 1. The van der Waals surface area contributed by atoms with E-state index in [1.165, 1.54) is 11.3 Å². The van der Waals surface area contributed by atoms with Crippen molar-refractivity contribution in [2.45, 2.75) is 13.3 Å². The quantitative estimate of drug-likeness (QED) is 0.889. The molecule has 1 aromatic carbocycles. The average Bonchev–Trinajstić information content (AvgIpc) is 3.02. The lowest BCUT2D eigenvalue weighted by atomic mass is 10.1. The predicted octanol–water partition coefficient (Wildman–Crippen LogP) is 2.13. The molecular formula is C18H23N3O2. The standard InChI is InChI=1S/C18H23N3O2/c1-14-12-19-13-16(14)18(22)20-7-6-15-4-2-3-5-17(15)21-8-10-23-11-9-21/h2-5,12-13,19H,6-11H2,1H3,(H,20,22). The molecule has 1 saturated heterocycles. The maximum atomic E-state index is 12.1. The number of nitrogens with one attached hydrogen (secondary N) is 2. The van der Waals surface area contributed by atoms with E-state index in [2.05, 4.69) is 39.5 Å². The Kier molecular flexibility index (Phi) is 4.98. The van der Waals surface area contributed by atoms with Crippen LogP contribution in [0, 0.1) is 6.92 Å². The van der Waals surface area contributed by atoms with Gasteiger partial charge < -0.3 is 19.9 Å². The minimum atomic E-state index is -0.0207. The number of benzene rings is 1. The van der Waals surface area contributed by atoms with E-state index in [0.29, 0.717) is 12.1 Å². The number of ether oxygens (including phenoxy) is 1. The van der Waals surface area contributed by atoms with Crippen LogP contribution in [0.25, 0.3) is 0 Å². The highest BCUT2D eigenvalue weighted by atomic mass is 16.5. The van der Waals surface area contributed by atoms with E-state index in [0.717, 1.165) is 38.3 Å². The van der Waals surface area contributed by atoms with Gasteiger partial charge in [-0.05, 0) is 30.5 Å². The van der Waals surface area contributed by atoms with Crippen molar-refractivity contribution in [2.24, 2.45) is 0 Å². The van der Waals surface area contributed by atoms with Gasteiger partial charge in [0.25, 0.3) is 5.91 Å². The van der Waals surface area contributed by atoms with Crippen LogP contribution in [-0.4, -0.2) is 43.7 Å². The topological polar surface area (TPSA) is 57.4 Å². The van der Waals surface area contributed by atoms with E-state index < -0.39 is 0 Å². The molecule has 5 heteroatoms. The number of nitrogens with zero attached hydrogens (tertiary/aromatic N) is 1. The van der Waals surface area contributed by atoms with E-state index in [1.54, 1.807) is 6.20 Å². The van der Waals surface area contributed by atoms with Crippen LogP contribution in [0.4, 0.5) is 5.69 Å². The summed E-state index contributed by atoms with van der Waals surface area (Å²) in [6.07, 6.45) is 4.40. The average molecular weight is 313 g/mol. The Bertz CT molecular complexity index is 660. The molecule has 0 aliphatic carbocycles. The van der Waals surface area contributed by atoms with Crippen LogP contribution < -0.4 is 10.2 Å². The van der Waals surface area contributed by atoms with Gasteiger partial charge in [0, 0.05) is 37.7 Å². The molecule has 2 heterocycles. The molecule has 0 bridgehead atoms. The fourth-order valence-electron chi connectivity index (χ4n) is 2.93. The molecule has 0 spiro atoms. The molecular weight excluding hydrogens is 290 g/mol. The first-order chi connectivity index (χ1) is 11.3. The highest BCUT2D eigenvalue weighted by Crippen LogP contribution is 2.21. The molecule has 1 fully saturated rings. The van der Waals surface area contributed by atoms with Crippen LogP contribution >= 0.6 is 0 Å². The summed E-state index contributed by atoms with van der Waals surface area (Å²) in [5, 5.41) is 3.00. The molecule has 23 heavy (non-hydrogen) atoms. The minimum absolute atomic E-state index is 0.0207. The van der Waals surface area contributed by atoms with Crippen molar-refractivity contribution in [3.05, 3.63) is 53.3 Å². The maximum Gasteiger partial charge on any atom is 0.253 e. The summed E-state index contributed by atoms with van der Waals surface area (Å²) in [6, 6.07) is 8.41. The van der Waals surface area contributed by atoms with Gasteiger partial charge in [-0.3, -0.25) is 4.79 Å². The van der Waals surface area contributed by atoms with Gasteiger partial charge in [-0.25, -0.2) is 0 Å². The SMILES string of the molecule is Cc1c[nH]cc1C(=O)NCCc1ccccc1N1CCOCC1. The van der Waals surface area contributed by atoms with Crippen LogP contribution in [-0.2, 0) is 11.2 Å². The molecule has 3 rings (SSSR count). The molecule has 1 amide bonds. The van der Waals surface area contributed by atoms with E-state index >= 15 is 0 Å². The normalized spacial score (nSPS) is 14.7. The summed E-state index contributed by atoms with van der Waals surface area (Å²) in [7, 11) is 0. The van der Waals surface area contributed by atoms with Crippen LogP contribution in [0.3, 0.4) is 0 Å². The highest BCUT2D eigenvalue weighted by molar-refractivity contribution is 5.95. The summed E-state index contributed by atoms with van der Waals surface area (Å²) < 4.78 is 5.42. The molecule has 1 aliphatic heterocycles. The van der Waals surface area contributed by atoms with Crippen molar-refractivity contribution in [1.82, 2.24) is 10.3 Å². The summed E-state index contributed by atoms with van der Waals surface area (Å²) in [5.74, 6) is -0.0207. The van der Waals surface area contributed by atoms with Gasteiger partial charge in [0.1, 0.15) is 0 Å². The van der Waals surface area contributed by atoms with Gasteiger partial charge in [0.15, 0.2) is 0 Å². The second kappa shape index (κ2) is 7.33. The Hall–Kier alpha value is -2.27. The number of anilines is 1. The summed E-state index contributed by atoms with van der Waals surface area (Å²) >= 11 is 0. The fraction of sp³-hybridized carbons (Fsp3) is 0.389. The zero-order valence-electron chi connectivity index (χ0n) is 13.5. The second-order valence-electron chi connectivity index (χ2n) is 5.79. The zero-order chi connectivity index (χ0) is 16.1. The lowest BCUT2D eigenvalue weighted by Gasteiger charge is -2.30. The largest absolute Gasteiger partial charge is 0.378 e. The molecule has 0 atom stereocenters. The number of hydrogen-bond donors (Lipinski definition) is 2. The van der Waals surface area contributed by atoms with Crippen LogP contribution in [0.5, 0.6) is 0 Å². The van der Waals surface area contributed by atoms with Gasteiger partial charge >= 0.3 is 0 Å². The fourth-order valence-corrected chi connectivity index (χ4v) is 2.93. The molecule has 2 N–H and O–H groups in total. The third-order valence-corrected chi connectivity index (χ3v) is 4.22. The zero-order valence-corrected chi connectivity index (χ0v) is 13.5. The van der Waals surface area contributed by atoms with Crippen molar-refractivity contribution in [3.8, 4) is 0 Å². The Morgan fingerprint density at radius 3 is 2.78 bits per heavy atom.